The lowest BCUT2D eigenvalue weighted by atomic mass is 10.1. The van der Waals surface area contributed by atoms with Gasteiger partial charge in [0.25, 0.3) is 5.56 Å². The van der Waals surface area contributed by atoms with Gasteiger partial charge >= 0.3 is 0 Å². The Labute approximate surface area is 182 Å². The van der Waals surface area contributed by atoms with Crippen molar-refractivity contribution in [1.29, 1.82) is 0 Å². The molecule has 0 saturated heterocycles. The second kappa shape index (κ2) is 8.07. The third-order valence-corrected chi connectivity index (χ3v) is 6.25. The van der Waals surface area contributed by atoms with Gasteiger partial charge in [-0.25, -0.2) is 4.68 Å². The smallest absolute Gasteiger partial charge is 0.290 e. The van der Waals surface area contributed by atoms with Crippen molar-refractivity contribution < 1.29 is 4.74 Å². The van der Waals surface area contributed by atoms with Crippen LogP contribution < -0.4 is 15.6 Å². The van der Waals surface area contributed by atoms with E-state index in [1.54, 1.807) is 13.1 Å². The van der Waals surface area contributed by atoms with Gasteiger partial charge in [0.05, 0.1) is 18.7 Å². The van der Waals surface area contributed by atoms with Crippen LogP contribution in [0.3, 0.4) is 0 Å². The molecule has 3 heterocycles. The van der Waals surface area contributed by atoms with Gasteiger partial charge in [-0.1, -0.05) is 35.6 Å². The van der Waals surface area contributed by atoms with Crippen molar-refractivity contribution in [2.75, 3.05) is 11.9 Å². The van der Waals surface area contributed by atoms with Crippen LogP contribution in [0.2, 0.25) is 0 Å². The highest BCUT2D eigenvalue weighted by atomic mass is 32.1. The quantitative estimate of drug-likeness (QED) is 0.477. The van der Waals surface area contributed by atoms with E-state index in [1.807, 2.05) is 25.1 Å². The molecule has 4 aromatic rings. The number of nitrogens with one attached hydrogen (secondary N) is 1. The Morgan fingerprint density at radius 2 is 2.10 bits per heavy atom. The van der Waals surface area contributed by atoms with Crippen LogP contribution in [0, 0.1) is 12.8 Å². The topological polar surface area (TPSA) is 94.8 Å². The van der Waals surface area contributed by atoms with E-state index in [4.69, 9.17) is 9.72 Å². The summed E-state index contributed by atoms with van der Waals surface area (Å²) in [4.78, 5) is 17.2. The molecule has 31 heavy (non-hydrogen) atoms. The number of aromatic nitrogens is 5. The molecule has 0 amide bonds. The van der Waals surface area contributed by atoms with Gasteiger partial charge in [0.2, 0.25) is 5.88 Å². The maximum atomic E-state index is 12.4. The fraction of sp³-hybridized carbons (Fsp3) is 0.318. The van der Waals surface area contributed by atoms with E-state index in [9.17, 15) is 4.79 Å². The number of fused-ring (bicyclic) bond motifs is 1. The fourth-order valence-electron chi connectivity index (χ4n) is 3.63. The third kappa shape index (κ3) is 4.27. The van der Waals surface area contributed by atoms with Crippen molar-refractivity contribution >= 4 is 27.9 Å². The first-order chi connectivity index (χ1) is 15.1. The van der Waals surface area contributed by atoms with Crippen LogP contribution in [0.15, 0.2) is 47.3 Å². The average molecular weight is 435 g/mol. The number of ether oxygens (including phenoxy) is 1. The van der Waals surface area contributed by atoms with Crippen LogP contribution in [-0.4, -0.2) is 31.6 Å². The maximum Gasteiger partial charge on any atom is 0.290 e. The third-order valence-electron chi connectivity index (χ3n) is 5.41. The SMILES string of the molecule is Cc1nnc(CNc2cc(OCC3CC3c3ccc4ccccc4n3)nn(C)c2=O)s1. The molecule has 158 valence electrons. The Kier molecular flexibility index (Phi) is 5.11. The molecule has 1 aliphatic carbocycles. The minimum Gasteiger partial charge on any atom is -0.476 e. The molecule has 5 rings (SSSR count). The molecular formula is C22H22N6O2S. The van der Waals surface area contributed by atoms with E-state index in [-0.39, 0.29) is 5.56 Å². The predicted molar refractivity (Wildman–Crippen MR) is 120 cm³/mol. The highest BCUT2D eigenvalue weighted by Crippen LogP contribution is 2.47. The van der Waals surface area contributed by atoms with Gasteiger partial charge < -0.3 is 10.1 Å². The second-order valence-electron chi connectivity index (χ2n) is 7.74. The van der Waals surface area contributed by atoms with E-state index < -0.39 is 0 Å². The largest absolute Gasteiger partial charge is 0.476 e. The molecule has 0 bridgehead atoms. The zero-order valence-electron chi connectivity index (χ0n) is 17.3. The lowest BCUT2D eigenvalue weighted by molar-refractivity contribution is 0.278. The van der Waals surface area contributed by atoms with Crippen LogP contribution >= 0.6 is 11.3 Å². The number of hydrogen-bond donors (Lipinski definition) is 1. The number of benzene rings is 1. The van der Waals surface area contributed by atoms with Crippen molar-refractivity contribution in [3.8, 4) is 5.88 Å². The number of rotatable bonds is 7. The summed E-state index contributed by atoms with van der Waals surface area (Å²) in [7, 11) is 1.62. The standard InChI is InChI=1S/C22H22N6O2S/c1-13-25-26-21(31-13)11-23-19-10-20(27-28(2)22(19)29)30-12-15-9-16(15)18-8-7-14-5-3-4-6-17(14)24-18/h3-8,10,15-16,23H,9,11-12H2,1-2H3. The van der Waals surface area contributed by atoms with Crippen molar-refractivity contribution in [3.05, 3.63) is 68.5 Å². The number of para-hydroxylation sites is 1. The van der Waals surface area contributed by atoms with Gasteiger partial charge in [-0.3, -0.25) is 9.78 Å². The average Bonchev–Trinajstić information content (AvgIpc) is 3.44. The Morgan fingerprint density at radius 1 is 1.23 bits per heavy atom. The summed E-state index contributed by atoms with van der Waals surface area (Å²) in [6, 6.07) is 14.0. The molecule has 1 N–H and O–H groups in total. The van der Waals surface area contributed by atoms with E-state index in [0.717, 1.165) is 33.0 Å². The van der Waals surface area contributed by atoms with Gasteiger partial charge in [-0.05, 0) is 25.5 Å². The summed E-state index contributed by atoms with van der Waals surface area (Å²) in [6.45, 7) is 2.87. The Bertz CT molecular complexity index is 1300. The van der Waals surface area contributed by atoms with Gasteiger partial charge in [-0.15, -0.1) is 15.3 Å². The van der Waals surface area contributed by atoms with Crippen LogP contribution in [0.5, 0.6) is 5.88 Å². The van der Waals surface area contributed by atoms with E-state index in [0.29, 0.717) is 36.6 Å². The first kappa shape index (κ1) is 19.6. The summed E-state index contributed by atoms with van der Waals surface area (Å²) >= 11 is 1.50. The number of pyridine rings is 1. The lowest BCUT2D eigenvalue weighted by Crippen LogP contribution is -2.24. The highest BCUT2D eigenvalue weighted by molar-refractivity contribution is 7.11. The molecule has 1 saturated carbocycles. The minimum absolute atomic E-state index is 0.210. The van der Waals surface area contributed by atoms with Crippen LogP contribution in [0.25, 0.3) is 10.9 Å². The van der Waals surface area contributed by atoms with E-state index in [2.05, 4.69) is 38.8 Å². The zero-order chi connectivity index (χ0) is 21.4. The summed E-state index contributed by atoms with van der Waals surface area (Å²) < 4.78 is 7.23. The molecule has 1 aromatic carbocycles. The fourth-order valence-corrected chi connectivity index (χ4v) is 4.28. The van der Waals surface area contributed by atoms with Crippen molar-refractivity contribution in [2.45, 2.75) is 25.8 Å². The molecule has 0 radical (unpaired) electrons. The van der Waals surface area contributed by atoms with Crippen molar-refractivity contribution in [3.63, 3.8) is 0 Å². The molecule has 0 spiro atoms. The number of nitrogens with zero attached hydrogens (tertiary/aromatic N) is 5. The molecule has 2 unspecified atom stereocenters. The number of aryl methyl sites for hydroxylation is 2. The van der Waals surface area contributed by atoms with Gasteiger partial charge in [-0.2, -0.15) is 0 Å². The first-order valence-corrected chi connectivity index (χ1v) is 11.0. The summed E-state index contributed by atoms with van der Waals surface area (Å²) in [6.07, 6.45) is 1.04. The second-order valence-corrected chi connectivity index (χ2v) is 9.00. The van der Waals surface area contributed by atoms with Crippen LogP contribution in [0.1, 0.15) is 28.0 Å². The molecule has 1 aliphatic rings. The molecule has 2 atom stereocenters. The molecule has 9 heteroatoms. The number of anilines is 1. The van der Waals surface area contributed by atoms with Gasteiger partial charge in [0.15, 0.2) is 0 Å². The monoisotopic (exact) mass is 434 g/mol. The van der Waals surface area contributed by atoms with Crippen molar-refractivity contribution in [2.24, 2.45) is 13.0 Å². The summed E-state index contributed by atoms with van der Waals surface area (Å²) in [5, 5.41) is 18.3. The van der Waals surface area contributed by atoms with Gasteiger partial charge in [0.1, 0.15) is 15.7 Å². The first-order valence-electron chi connectivity index (χ1n) is 10.2. The van der Waals surface area contributed by atoms with Crippen molar-refractivity contribution in [1.82, 2.24) is 25.0 Å². The molecule has 0 aliphatic heterocycles. The zero-order valence-corrected chi connectivity index (χ0v) is 18.1. The van der Waals surface area contributed by atoms with E-state index >= 15 is 0 Å². The predicted octanol–water partition coefficient (Wildman–Crippen LogP) is 3.28. The van der Waals surface area contributed by atoms with E-state index in [1.165, 1.54) is 16.0 Å². The van der Waals surface area contributed by atoms with Crippen LogP contribution in [-0.2, 0) is 13.6 Å². The molecule has 1 fully saturated rings. The summed E-state index contributed by atoms with van der Waals surface area (Å²) in [5.74, 6) is 1.22. The Balaban J connectivity index is 1.23. The summed E-state index contributed by atoms with van der Waals surface area (Å²) in [5.41, 5.74) is 2.35. The number of hydrogen-bond acceptors (Lipinski definition) is 8. The lowest BCUT2D eigenvalue weighted by Gasteiger charge is -2.10. The normalized spacial score (nSPS) is 17.6. The molecule has 3 aromatic heterocycles. The molecular weight excluding hydrogens is 412 g/mol. The maximum absolute atomic E-state index is 12.4. The minimum atomic E-state index is -0.210. The highest BCUT2D eigenvalue weighted by Gasteiger charge is 2.40. The van der Waals surface area contributed by atoms with Crippen LogP contribution in [0.4, 0.5) is 5.69 Å². The molecule has 8 nitrogen and oxygen atoms in total. The Morgan fingerprint density at radius 3 is 2.94 bits per heavy atom. The Hall–Kier alpha value is -3.33. The van der Waals surface area contributed by atoms with Gasteiger partial charge in [0, 0.05) is 36.0 Å².